The van der Waals surface area contributed by atoms with Crippen LogP contribution >= 0.6 is 0 Å². The predicted molar refractivity (Wildman–Crippen MR) is 97.0 cm³/mol. The number of fused-ring (bicyclic) bond motifs is 1. The van der Waals surface area contributed by atoms with Gasteiger partial charge in [-0.05, 0) is 43.3 Å². The van der Waals surface area contributed by atoms with Crippen molar-refractivity contribution in [1.82, 2.24) is 4.98 Å². The number of hydrogen-bond donors (Lipinski definition) is 0. The number of carbonyl (C=O) groups excluding carboxylic acids is 2. The van der Waals surface area contributed by atoms with Gasteiger partial charge in [0.15, 0.2) is 17.7 Å². The fourth-order valence-corrected chi connectivity index (χ4v) is 2.48. The first-order valence-electron chi connectivity index (χ1n) is 8.18. The number of ether oxygens (including phenoxy) is 1. The van der Waals surface area contributed by atoms with Gasteiger partial charge in [-0.2, -0.15) is 0 Å². The van der Waals surface area contributed by atoms with Crippen LogP contribution in [0.25, 0.3) is 17.0 Å². The van der Waals surface area contributed by atoms with Crippen molar-refractivity contribution in [1.29, 1.82) is 0 Å². The van der Waals surface area contributed by atoms with E-state index in [2.05, 4.69) is 4.98 Å². The van der Waals surface area contributed by atoms with Crippen LogP contribution in [-0.4, -0.2) is 22.8 Å². The lowest BCUT2D eigenvalue weighted by molar-refractivity contribution is -0.140. The number of carbonyl (C=O) groups is 2. The Bertz CT molecular complexity index is 1050. The van der Waals surface area contributed by atoms with Gasteiger partial charge in [-0.3, -0.25) is 4.79 Å². The lowest BCUT2D eigenvalue weighted by Gasteiger charge is -2.11. The number of halogens is 2. The van der Waals surface area contributed by atoms with E-state index in [1.807, 2.05) is 30.3 Å². The minimum absolute atomic E-state index is 0.0747. The van der Waals surface area contributed by atoms with Crippen molar-refractivity contribution in [3.05, 3.63) is 83.6 Å². The van der Waals surface area contributed by atoms with Gasteiger partial charge < -0.3 is 4.74 Å². The Kier molecular flexibility index (Phi) is 5.35. The number of nitrogens with zero attached hydrogens (tertiary/aromatic N) is 1. The van der Waals surface area contributed by atoms with Gasteiger partial charge in [0.2, 0.25) is 5.78 Å². The number of ketones is 1. The third-order valence-electron chi connectivity index (χ3n) is 3.88. The quantitative estimate of drug-likeness (QED) is 0.382. The van der Waals surface area contributed by atoms with Gasteiger partial charge in [0, 0.05) is 17.0 Å². The molecule has 0 N–H and O–H groups in total. The molecule has 1 atom stereocenters. The first-order chi connectivity index (χ1) is 12.9. The third-order valence-corrected chi connectivity index (χ3v) is 3.88. The van der Waals surface area contributed by atoms with Crippen LogP contribution in [0.2, 0.25) is 0 Å². The van der Waals surface area contributed by atoms with Crippen LogP contribution in [-0.2, 0) is 9.53 Å². The molecule has 3 aromatic rings. The van der Waals surface area contributed by atoms with E-state index in [0.717, 1.165) is 35.2 Å². The molecule has 0 saturated heterocycles. The molecule has 0 amide bonds. The number of esters is 1. The van der Waals surface area contributed by atoms with E-state index in [1.54, 1.807) is 6.07 Å². The fraction of sp³-hybridized carbons (Fsp3) is 0.0952. The maximum Gasteiger partial charge on any atom is 0.331 e. The van der Waals surface area contributed by atoms with Crippen molar-refractivity contribution in [2.75, 3.05) is 0 Å². The van der Waals surface area contributed by atoms with Crippen LogP contribution in [0.1, 0.15) is 23.0 Å². The van der Waals surface area contributed by atoms with Crippen LogP contribution in [0.5, 0.6) is 0 Å². The molecule has 1 heterocycles. The second kappa shape index (κ2) is 7.86. The minimum atomic E-state index is -1.14. The molecule has 0 aliphatic heterocycles. The third kappa shape index (κ3) is 4.41. The summed E-state index contributed by atoms with van der Waals surface area (Å²) in [4.78, 5) is 28.5. The molecule has 1 aromatic heterocycles. The molecule has 6 heteroatoms. The van der Waals surface area contributed by atoms with E-state index in [9.17, 15) is 18.4 Å². The summed E-state index contributed by atoms with van der Waals surface area (Å²) in [6.07, 6.45) is 1.49. The summed E-state index contributed by atoms with van der Waals surface area (Å²) in [5, 5.41) is 0.975. The van der Waals surface area contributed by atoms with Crippen LogP contribution in [0.3, 0.4) is 0 Å². The fourth-order valence-electron chi connectivity index (χ4n) is 2.48. The molecule has 0 aliphatic rings. The van der Waals surface area contributed by atoms with Crippen LogP contribution < -0.4 is 0 Å². The smallest absolute Gasteiger partial charge is 0.331 e. The monoisotopic (exact) mass is 367 g/mol. The Morgan fingerprint density at radius 3 is 2.59 bits per heavy atom. The lowest BCUT2D eigenvalue weighted by Crippen LogP contribution is -2.23. The largest absolute Gasteiger partial charge is 0.451 e. The number of para-hydroxylation sites is 1. The Morgan fingerprint density at radius 2 is 1.81 bits per heavy atom. The van der Waals surface area contributed by atoms with E-state index in [0.29, 0.717) is 5.69 Å². The summed E-state index contributed by atoms with van der Waals surface area (Å²) >= 11 is 0. The van der Waals surface area contributed by atoms with E-state index < -0.39 is 29.5 Å². The van der Waals surface area contributed by atoms with E-state index in [-0.39, 0.29) is 5.56 Å². The van der Waals surface area contributed by atoms with Crippen molar-refractivity contribution in [2.45, 2.75) is 13.0 Å². The van der Waals surface area contributed by atoms with Gasteiger partial charge in [0.1, 0.15) is 0 Å². The first kappa shape index (κ1) is 18.4. The number of hydrogen-bond acceptors (Lipinski definition) is 4. The average molecular weight is 367 g/mol. The Hall–Kier alpha value is -3.41. The molecule has 2 aromatic carbocycles. The van der Waals surface area contributed by atoms with Gasteiger partial charge >= 0.3 is 5.97 Å². The average Bonchev–Trinajstić information content (AvgIpc) is 2.67. The van der Waals surface area contributed by atoms with Crippen molar-refractivity contribution in [3.63, 3.8) is 0 Å². The molecular formula is C21H15F2NO3. The molecule has 3 rings (SSSR count). The molecule has 0 aliphatic carbocycles. The Balaban J connectivity index is 1.65. The molecule has 0 bridgehead atoms. The molecule has 0 saturated carbocycles. The molecule has 0 fully saturated rings. The molecule has 136 valence electrons. The zero-order chi connectivity index (χ0) is 19.4. The molecular weight excluding hydrogens is 352 g/mol. The van der Waals surface area contributed by atoms with Gasteiger partial charge in [-0.25, -0.2) is 18.6 Å². The minimum Gasteiger partial charge on any atom is -0.451 e. The predicted octanol–water partition coefficient (Wildman–Crippen LogP) is 4.34. The van der Waals surface area contributed by atoms with Crippen LogP contribution in [0.15, 0.2) is 60.7 Å². The maximum absolute atomic E-state index is 13.2. The van der Waals surface area contributed by atoms with Gasteiger partial charge in [0.05, 0.1) is 11.2 Å². The molecule has 0 unspecified atom stereocenters. The highest BCUT2D eigenvalue weighted by Crippen LogP contribution is 2.14. The number of rotatable bonds is 5. The highest BCUT2D eigenvalue weighted by molar-refractivity contribution is 6.01. The first-order valence-corrected chi connectivity index (χ1v) is 8.18. The highest BCUT2D eigenvalue weighted by atomic mass is 19.2. The zero-order valence-corrected chi connectivity index (χ0v) is 14.4. The Labute approximate surface area is 154 Å². The summed E-state index contributed by atoms with van der Waals surface area (Å²) in [6, 6.07) is 13.9. The number of pyridine rings is 1. The van der Waals surface area contributed by atoms with Gasteiger partial charge in [-0.1, -0.05) is 24.3 Å². The second-order valence-corrected chi connectivity index (χ2v) is 5.83. The highest BCUT2D eigenvalue weighted by Gasteiger charge is 2.19. The van der Waals surface area contributed by atoms with Crippen LogP contribution in [0, 0.1) is 11.6 Å². The SMILES string of the molecule is C[C@H](OC(=O)/C=C\c1ccc2ccccc2n1)C(=O)c1ccc(F)c(F)c1. The topological polar surface area (TPSA) is 56.3 Å². The molecule has 27 heavy (non-hydrogen) atoms. The molecule has 0 spiro atoms. The van der Waals surface area contributed by atoms with Crippen molar-refractivity contribution < 1.29 is 23.1 Å². The number of benzene rings is 2. The van der Waals surface area contributed by atoms with Gasteiger partial charge in [0.25, 0.3) is 0 Å². The van der Waals surface area contributed by atoms with Crippen molar-refractivity contribution >= 4 is 28.7 Å². The molecule has 0 radical (unpaired) electrons. The summed E-state index contributed by atoms with van der Waals surface area (Å²) in [7, 11) is 0. The maximum atomic E-state index is 13.2. The van der Waals surface area contributed by atoms with E-state index in [4.69, 9.17) is 4.74 Å². The standard InChI is InChI=1S/C21H15F2NO3/c1-13(21(26)15-7-10-17(22)18(23)12-15)27-20(25)11-9-16-8-6-14-4-2-3-5-19(14)24-16/h2-13H,1H3/b11-9-/t13-/m0/s1. The number of aromatic nitrogens is 1. The van der Waals surface area contributed by atoms with E-state index >= 15 is 0 Å². The molecule has 4 nitrogen and oxygen atoms in total. The number of Topliss-reactive ketones (excluding diaryl/α,β-unsaturated/α-hetero) is 1. The van der Waals surface area contributed by atoms with Gasteiger partial charge in [-0.15, -0.1) is 0 Å². The van der Waals surface area contributed by atoms with Crippen molar-refractivity contribution in [2.24, 2.45) is 0 Å². The Morgan fingerprint density at radius 1 is 1.04 bits per heavy atom. The summed E-state index contributed by atoms with van der Waals surface area (Å²) < 4.78 is 31.2. The zero-order valence-electron chi connectivity index (χ0n) is 14.4. The second-order valence-electron chi connectivity index (χ2n) is 5.83. The van der Waals surface area contributed by atoms with Crippen molar-refractivity contribution in [3.8, 4) is 0 Å². The normalized spacial score (nSPS) is 12.3. The van der Waals surface area contributed by atoms with E-state index in [1.165, 1.54) is 13.0 Å². The summed E-state index contributed by atoms with van der Waals surface area (Å²) in [5.74, 6) is -3.56. The summed E-state index contributed by atoms with van der Waals surface area (Å²) in [5.41, 5.74) is 1.27. The summed E-state index contributed by atoms with van der Waals surface area (Å²) in [6.45, 7) is 1.36. The van der Waals surface area contributed by atoms with Crippen LogP contribution in [0.4, 0.5) is 8.78 Å². The lowest BCUT2D eigenvalue weighted by atomic mass is 10.1.